The van der Waals surface area contributed by atoms with E-state index in [0.29, 0.717) is 28.7 Å². The lowest BCUT2D eigenvalue weighted by Gasteiger charge is -2.26. The lowest BCUT2D eigenvalue weighted by molar-refractivity contribution is -0.125. The van der Waals surface area contributed by atoms with Crippen molar-refractivity contribution in [3.8, 4) is 0 Å². The predicted molar refractivity (Wildman–Crippen MR) is 97.0 cm³/mol. The maximum Gasteiger partial charge on any atom is 0.228 e. The molecule has 0 bridgehead atoms. The maximum atomic E-state index is 12.3. The molecule has 2 N–H and O–H groups in total. The van der Waals surface area contributed by atoms with Crippen LogP contribution in [0.5, 0.6) is 0 Å². The lowest BCUT2D eigenvalue weighted by atomic mass is 10.2. The Balaban J connectivity index is 1.41. The van der Waals surface area contributed by atoms with Gasteiger partial charge in [0.2, 0.25) is 11.8 Å². The summed E-state index contributed by atoms with van der Waals surface area (Å²) in [6, 6.07) is 5.06. The molecular formula is C17H21Cl2N3O3. The molecular weight excluding hydrogens is 365 g/mol. The Labute approximate surface area is 156 Å². The van der Waals surface area contributed by atoms with Gasteiger partial charge in [0, 0.05) is 26.2 Å². The van der Waals surface area contributed by atoms with Gasteiger partial charge in [0.25, 0.3) is 0 Å². The fraction of sp³-hybridized carbons (Fsp3) is 0.529. The molecule has 1 saturated heterocycles. The molecule has 136 valence electrons. The Morgan fingerprint density at radius 3 is 2.64 bits per heavy atom. The maximum absolute atomic E-state index is 12.3. The van der Waals surface area contributed by atoms with Crippen molar-refractivity contribution in [3.05, 3.63) is 28.2 Å². The van der Waals surface area contributed by atoms with E-state index in [1.807, 2.05) is 0 Å². The van der Waals surface area contributed by atoms with Gasteiger partial charge in [0.15, 0.2) is 0 Å². The van der Waals surface area contributed by atoms with Crippen LogP contribution >= 0.6 is 23.2 Å². The molecule has 1 aromatic rings. The zero-order valence-electron chi connectivity index (χ0n) is 13.8. The van der Waals surface area contributed by atoms with E-state index in [1.165, 1.54) is 0 Å². The number of morpholine rings is 1. The van der Waals surface area contributed by atoms with Crippen molar-refractivity contribution >= 4 is 40.7 Å². The molecule has 25 heavy (non-hydrogen) atoms. The molecule has 2 amide bonds. The number of ether oxygens (including phenoxy) is 1. The van der Waals surface area contributed by atoms with Crippen LogP contribution in [-0.2, 0) is 14.3 Å². The Kier molecular flexibility index (Phi) is 6.17. The number of nitrogens with one attached hydrogen (secondary N) is 2. The van der Waals surface area contributed by atoms with E-state index >= 15 is 0 Å². The molecule has 0 spiro atoms. The Bertz CT molecular complexity index is 650. The third-order valence-electron chi connectivity index (χ3n) is 4.50. The fourth-order valence-corrected chi connectivity index (χ4v) is 3.24. The first-order valence-corrected chi connectivity index (χ1v) is 9.14. The molecule has 0 radical (unpaired) electrons. The number of hydrogen-bond donors (Lipinski definition) is 2. The molecule has 0 aromatic heterocycles. The Hall–Kier alpha value is -1.34. The summed E-state index contributed by atoms with van der Waals surface area (Å²) in [6.07, 6.45) is 0.563. The highest BCUT2D eigenvalue weighted by atomic mass is 35.5. The van der Waals surface area contributed by atoms with E-state index in [1.54, 1.807) is 18.2 Å². The highest BCUT2D eigenvalue weighted by molar-refractivity contribution is 6.44. The number of benzene rings is 1. The highest BCUT2D eigenvalue weighted by Crippen LogP contribution is 2.40. The third kappa shape index (κ3) is 4.85. The molecule has 1 aliphatic heterocycles. The minimum atomic E-state index is -0.307. The van der Waals surface area contributed by atoms with Crippen LogP contribution in [-0.4, -0.2) is 56.1 Å². The minimum Gasteiger partial charge on any atom is -0.379 e. The zero-order chi connectivity index (χ0) is 17.8. The van der Waals surface area contributed by atoms with Gasteiger partial charge in [-0.15, -0.1) is 0 Å². The van der Waals surface area contributed by atoms with E-state index in [-0.39, 0.29) is 23.7 Å². The quantitative estimate of drug-likeness (QED) is 0.785. The van der Waals surface area contributed by atoms with Crippen LogP contribution in [0.3, 0.4) is 0 Å². The minimum absolute atomic E-state index is 0.0643. The van der Waals surface area contributed by atoms with E-state index < -0.39 is 0 Å². The molecule has 2 atom stereocenters. The largest absolute Gasteiger partial charge is 0.379 e. The van der Waals surface area contributed by atoms with Crippen molar-refractivity contribution in [2.24, 2.45) is 11.8 Å². The van der Waals surface area contributed by atoms with Crippen molar-refractivity contribution in [1.82, 2.24) is 10.2 Å². The van der Waals surface area contributed by atoms with E-state index in [2.05, 4.69) is 15.5 Å². The average Bonchev–Trinajstić information content (AvgIpc) is 3.41. The van der Waals surface area contributed by atoms with Crippen molar-refractivity contribution in [1.29, 1.82) is 0 Å². The van der Waals surface area contributed by atoms with E-state index in [0.717, 1.165) is 32.8 Å². The first kappa shape index (κ1) is 18.5. The molecule has 2 unspecified atom stereocenters. The van der Waals surface area contributed by atoms with Crippen LogP contribution < -0.4 is 10.6 Å². The monoisotopic (exact) mass is 385 g/mol. The Morgan fingerprint density at radius 2 is 1.88 bits per heavy atom. The predicted octanol–water partition coefficient (Wildman–Crippen LogP) is 2.02. The summed E-state index contributed by atoms with van der Waals surface area (Å²) in [4.78, 5) is 26.7. The van der Waals surface area contributed by atoms with Gasteiger partial charge in [-0.2, -0.15) is 0 Å². The Morgan fingerprint density at radius 1 is 1.16 bits per heavy atom. The molecule has 1 heterocycles. The summed E-state index contributed by atoms with van der Waals surface area (Å²) in [6.45, 7) is 4.66. The van der Waals surface area contributed by atoms with Gasteiger partial charge in [-0.1, -0.05) is 29.3 Å². The van der Waals surface area contributed by atoms with Crippen LogP contribution in [0.15, 0.2) is 18.2 Å². The third-order valence-corrected chi connectivity index (χ3v) is 5.32. The summed E-state index contributed by atoms with van der Waals surface area (Å²) in [5.74, 6) is -0.829. The van der Waals surface area contributed by atoms with Gasteiger partial charge in [-0.3, -0.25) is 14.5 Å². The number of halogens is 2. The van der Waals surface area contributed by atoms with Crippen molar-refractivity contribution < 1.29 is 14.3 Å². The van der Waals surface area contributed by atoms with Gasteiger partial charge >= 0.3 is 0 Å². The fourth-order valence-electron chi connectivity index (χ4n) is 2.89. The summed E-state index contributed by atoms with van der Waals surface area (Å²) >= 11 is 12.0. The van der Waals surface area contributed by atoms with Gasteiger partial charge in [0.1, 0.15) is 0 Å². The highest BCUT2D eigenvalue weighted by Gasteiger charge is 2.48. The summed E-state index contributed by atoms with van der Waals surface area (Å²) in [5, 5.41) is 6.35. The molecule has 1 aromatic carbocycles. The number of anilines is 1. The second kappa shape index (κ2) is 8.36. The number of hydrogen-bond acceptors (Lipinski definition) is 4. The molecule has 6 nitrogen and oxygen atoms in total. The molecule has 8 heteroatoms. The SMILES string of the molecule is O=C(NCCN1CCOCC1)C1CC1C(=O)Nc1cccc(Cl)c1Cl. The molecule has 1 saturated carbocycles. The van der Waals surface area contributed by atoms with Crippen LogP contribution in [0.4, 0.5) is 5.69 Å². The smallest absolute Gasteiger partial charge is 0.228 e. The molecule has 1 aliphatic carbocycles. The first-order chi connectivity index (χ1) is 12.1. The van der Waals surface area contributed by atoms with Crippen LogP contribution in [0.25, 0.3) is 0 Å². The van der Waals surface area contributed by atoms with Gasteiger partial charge in [-0.25, -0.2) is 0 Å². The van der Waals surface area contributed by atoms with Crippen molar-refractivity contribution in [3.63, 3.8) is 0 Å². The lowest BCUT2D eigenvalue weighted by Crippen LogP contribution is -2.41. The first-order valence-electron chi connectivity index (χ1n) is 8.39. The van der Waals surface area contributed by atoms with Crippen LogP contribution in [0.2, 0.25) is 10.0 Å². The second-order valence-electron chi connectivity index (χ2n) is 6.28. The summed E-state index contributed by atoms with van der Waals surface area (Å²) < 4.78 is 5.29. The molecule has 2 fully saturated rings. The topological polar surface area (TPSA) is 70.7 Å². The van der Waals surface area contributed by atoms with Crippen LogP contribution in [0, 0.1) is 11.8 Å². The normalized spacial score (nSPS) is 23.1. The second-order valence-corrected chi connectivity index (χ2v) is 7.07. The average molecular weight is 386 g/mol. The van der Waals surface area contributed by atoms with E-state index in [4.69, 9.17) is 27.9 Å². The van der Waals surface area contributed by atoms with Gasteiger partial charge < -0.3 is 15.4 Å². The van der Waals surface area contributed by atoms with Gasteiger partial charge in [0.05, 0.1) is 40.8 Å². The molecule has 2 aliphatic rings. The summed E-state index contributed by atoms with van der Waals surface area (Å²) in [7, 11) is 0. The number of carbonyl (C=O) groups is 2. The number of amides is 2. The molecule has 3 rings (SSSR count). The van der Waals surface area contributed by atoms with Crippen LogP contribution in [0.1, 0.15) is 6.42 Å². The standard InChI is InChI=1S/C17H21Cl2N3O3/c18-13-2-1-3-14(15(13)19)21-17(24)12-10-11(12)16(23)20-4-5-22-6-8-25-9-7-22/h1-3,11-12H,4-10H2,(H,20,23)(H,21,24). The van der Waals surface area contributed by atoms with Gasteiger partial charge in [-0.05, 0) is 18.6 Å². The zero-order valence-corrected chi connectivity index (χ0v) is 15.3. The van der Waals surface area contributed by atoms with Crippen molar-refractivity contribution in [2.45, 2.75) is 6.42 Å². The van der Waals surface area contributed by atoms with E-state index in [9.17, 15) is 9.59 Å². The van der Waals surface area contributed by atoms with Crippen molar-refractivity contribution in [2.75, 3.05) is 44.7 Å². The summed E-state index contributed by atoms with van der Waals surface area (Å²) in [5.41, 5.74) is 0.470. The number of nitrogens with zero attached hydrogens (tertiary/aromatic N) is 1. The number of rotatable bonds is 6. The number of carbonyl (C=O) groups excluding carboxylic acids is 2.